The molecule has 1 fully saturated rings. The molecule has 1 aromatic rings. The molecule has 15 heavy (non-hydrogen) atoms. The van der Waals surface area contributed by atoms with Crippen LogP contribution < -0.4 is 0 Å². The van der Waals surface area contributed by atoms with Crippen molar-refractivity contribution in [1.29, 1.82) is 0 Å². The normalized spacial score (nSPS) is 22.1. The summed E-state index contributed by atoms with van der Waals surface area (Å²) >= 11 is 0. The van der Waals surface area contributed by atoms with E-state index in [4.69, 9.17) is 5.11 Å². The Morgan fingerprint density at radius 2 is 2.20 bits per heavy atom. The molecule has 0 radical (unpaired) electrons. The third-order valence-corrected chi connectivity index (χ3v) is 2.89. The molecule has 1 N–H and O–H groups in total. The van der Waals surface area contributed by atoms with E-state index in [2.05, 4.69) is 14.9 Å². The van der Waals surface area contributed by atoms with Gasteiger partial charge in [0.1, 0.15) is 5.82 Å². The lowest BCUT2D eigenvalue weighted by molar-refractivity contribution is 0.248. The van der Waals surface area contributed by atoms with Crippen molar-refractivity contribution in [3.05, 3.63) is 24.3 Å². The van der Waals surface area contributed by atoms with Crippen LogP contribution in [0.15, 0.2) is 18.5 Å². The maximum Gasteiger partial charge on any atom is 0.142 e. The van der Waals surface area contributed by atoms with Crippen LogP contribution in [0.3, 0.4) is 0 Å². The number of aromatic nitrogens is 2. The Hall–Kier alpha value is -1.00. The zero-order valence-electron chi connectivity index (χ0n) is 8.84. The smallest absolute Gasteiger partial charge is 0.142 e. The van der Waals surface area contributed by atoms with E-state index in [9.17, 15) is 0 Å². The number of likely N-dealkylation sites (tertiary alicyclic amines) is 1. The van der Waals surface area contributed by atoms with Crippen molar-refractivity contribution in [2.24, 2.45) is 5.92 Å². The molecule has 0 saturated carbocycles. The van der Waals surface area contributed by atoms with Gasteiger partial charge in [-0.1, -0.05) is 0 Å². The molecular weight excluding hydrogens is 190 g/mol. The van der Waals surface area contributed by atoms with Crippen LogP contribution in [0.1, 0.15) is 18.7 Å². The minimum Gasteiger partial charge on any atom is -0.396 e. The van der Waals surface area contributed by atoms with Crippen LogP contribution >= 0.6 is 0 Å². The molecule has 4 nitrogen and oxygen atoms in total. The highest BCUT2D eigenvalue weighted by molar-refractivity contribution is 4.89. The maximum atomic E-state index is 8.86. The second-order valence-electron chi connectivity index (χ2n) is 4.07. The number of hydrogen-bond acceptors (Lipinski definition) is 4. The first kappa shape index (κ1) is 10.5. The van der Waals surface area contributed by atoms with Gasteiger partial charge < -0.3 is 5.11 Å². The first-order valence-corrected chi connectivity index (χ1v) is 5.47. The summed E-state index contributed by atoms with van der Waals surface area (Å²) in [6.07, 6.45) is 5.67. The van der Waals surface area contributed by atoms with Crippen LogP contribution in [-0.4, -0.2) is 39.7 Å². The molecule has 0 aromatic carbocycles. The Balaban J connectivity index is 1.82. The Kier molecular flexibility index (Phi) is 3.64. The monoisotopic (exact) mass is 207 g/mol. The molecule has 1 saturated heterocycles. The van der Waals surface area contributed by atoms with Gasteiger partial charge in [0.25, 0.3) is 0 Å². The zero-order chi connectivity index (χ0) is 10.5. The first-order valence-electron chi connectivity index (χ1n) is 5.47. The van der Waals surface area contributed by atoms with Crippen molar-refractivity contribution in [2.75, 3.05) is 19.7 Å². The van der Waals surface area contributed by atoms with Crippen molar-refractivity contribution in [2.45, 2.75) is 19.4 Å². The third kappa shape index (κ3) is 2.97. The minimum atomic E-state index is 0.306. The van der Waals surface area contributed by atoms with Crippen LogP contribution in [-0.2, 0) is 6.54 Å². The summed E-state index contributed by atoms with van der Waals surface area (Å²) in [5.41, 5.74) is 0. The van der Waals surface area contributed by atoms with Gasteiger partial charge in [-0.15, -0.1) is 0 Å². The van der Waals surface area contributed by atoms with E-state index in [1.54, 1.807) is 12.4 Å². The van der Waals surface area contributed by atoms with Crippen LogP contribution in [0.4, 0.5) is 0 Å². The zero-order valence-corrected chi connectivity index (χ0v) is 8.84. The van der Waals surface area contributed by atoms with Gasteiger partial charge in [-0.3, -0.25) is 4.90 Å². The fourth-order valence-corrected chi connectivity index (χ4v) is 2.09. The van der Waals surface area contributed by atoms with E-state index in [1.807, 2.05) is 6.07 Å². The highest BCUT2D eigenvalue weighted by Gasteiger charge is 2.22. The minimum absolute atomic E-state index is 0.306. The Morgan fingerprint density at radius 3 is 2.93 bits per heavy atom. The number of rotatable bonds is 4. The predicted molar refractivity (Wildman–Crippen MR) is 57.1 cm³/mol. The van der Waals surface area contributed by atoms with Crippen LogP contribution in [0, 0.1) is 5.92 Å². The topological polar surface area (TPSA) is 49.2 Å². The van der Waals surface area contributed by atoms with Crippen LogP contribution in [0.5, 0.6) is 0 Å². The highest BCUT2D eigenvalue weighted by atomic mass is 16.3. The molecule has 0 aliphatic carbocycles. The van der Waals surface area contributed by atoms with Crippen LogP contribution in [0.25, 0.3) is 0 Å². The molecule has 0 amide bonds. The summed E-state index contributed by atoms with van der Waals surface area (Å²) in [5, 5.41) is 8.86. The van der Waals surface area contributed by atoms with Gasteiger partial charge in [-0.05, 0) is 31.4 Å². The second kappa shape index (κ2) is 5.19. The lowest BCUT2D eigenvalue weighted by Gasteiger charge is -2.14. The van der Waals surface area contributed by atoms with Crippen molar-refractivity contribution in [3.8, 4) is 0 Å². The SMILES string of the molecule is OCCC1CCN(Cc2ncccn2)C1. The van der Waals surface area contributed by atoms with Gasteiger partial charge >= 0.3 is 0 Å². The third-order valence-electron chi connectivity index (χ3n) is 2.89. The van der Waals surface area contributed by atoms with Gasteiger partial charge in [0, 0.05) is 25.5 Å². The van der Waals surface area contributed by atoms with Crippen molar-refractivity contribution < 1.29 is 5.11 Å². The number of aliphatic hydroxyl groups excluding tert-OH is 1. The molecule has 2 rings (SSSR count). The van der Waals surface area contributed by atoms with Crippen molar-refractivity contribution in [3.63, 3.8) is 0 Å². The molecule has 82 valence electrons. The molecule has 0 bridgehead atoms. The van der Waals surface area contributed by atoms with Gasteiger partial charge in [0.2, 0.25) is 0 Å². The lowest BCUT2D eigenvalue weighted by atomic mass is 10.1. The quantitative estimate of drug-likeness (QED) is 0.789. The average molecular weight is 207 g/mol. The molecule has 1 aliphatic heterocycles. The Labute approximate surface area is 90.0 Å². The largest absolute Gasteiger partial charge is 0.396 e. The standard InChI is InChI=1S/C11H17N3O/c15-7-3-10-2-6-14(8-10)9-11-12-4-1-5-13-11/h1,4-5,10,15H,2-3,6-9H2. The van der Waals surface area contributed by atoms with Crippen molar-refractivity contribution >= 4 is 0 Å². The van der Waals surface area contributed by atoms with Gasteiger partial charge in [-0.25, -0.2) is 9.97 Å². The Bertz CT molecular complexity index is 291. The fraction of sp³-hybridized carbons (Fsp3) is 0.636. The van der Waals surface area contributed by atoms with E-state index in [1.165, 1.54) is 6.42 Å². The molecule has 1 atom stereocenters. The molecular formula is C11H17N3O. The number of nitrogens with zero attached hydrogens (tertiary/aromatic N) is 3. The fourth-order valence-electron chi connectivity index (χ4n) is 2.09. The predicted octanol–water partition coefficient (Wildman–Crippen LogP) is 0.681. The van der Waals surface area contributed by atoms with E-state index in [0.29, 0.717) is 12.5 Å². The summed E-state index contributed by atoms with van der Waals surface area (Å²) in [6, 6.07) is 1.84. The summed E-state index contributed by atoms with van der Waals surface area (Å²) in [4.78, 5) is 10.8. The summed E-state index contributed by atoms with van der Waals surface area (Å²) in [5.74, 6) is 1.54. The lowest BCUT2D eigenvalue weighted by Crippen LogP contribution is -2.21. The number of aliphatic hydroxyl groups is 1. The summed E-state index contributed by atoms with van der Waals surface area (Å²) in [6.45, 7) is 3.31. The van der Waals surface area contributed by atoms with E-state index < -0.39 is 0 Å². The van der Waals surface area contributed by atoms with E-state index >= 15 is 0 Å². The average Bonchev–Trinajstić information content (AvgIpc) is 2.68. The van der Waals surface area contributed by atoms with Crippen molar-refractivity contribution in [1.82, 2.24) is 14.9 Å². The van der Waals surface area contributed by atoms with E-state index in [-0.39, 0.29) is 0 Å². The van der Waals surface area contributed by atoms with Gasteiger partial charge in [-0.2, -0.15) is 0 Å². The van der Waals surface area contributed by atoms with Crippen LogP contribution in [0.2, 0.25) is 0 Å². The van der Waals surface area contributed by atoms with E-state index in [0.717, 1.165) is 31.9 Å². The first-order chi connectivity index (χ1) is 7.38. The molecule has 4 heteroatoms. The van der Waals surface area contributed by atoms with Gasteiger partial charge in [0.05, 0.1) is 6.54 Å². The second-order valence-corrected chi connectivity index (χ2v) is 4.07. The molecule has 2 heterocycles. The molecule has 0 spiro atoms. The van der Waals surface area contributed by atoms with Gasteiger partial charge in [0.15, 0.2) is 0 Å². The Morgan fingerprint density at radius 1 is 1.40 bits per heavy atom. The molecule has 1 unspecified atom stereocenters. The number of hydrogen-bond donors (Lipinski definition) is 1. The highest BCUT2D eigenvalue weighted by Crippen LogP contribution is 2.19. The molecule has 1 aliphatic rings. The maximum absolute atomic E-state index is 8.86. The summed E-state index contributed by atoms with van der Waals surface area (Å²) < 4.78 is 0. The summed E-state index contributed by atoms with van der Waals surface area (Å²) in [7, 11) is 0. The molecule has 1 aromatic heterocycles.